The van der Waals surface area contributed by atoms with Crippen molar-refractivity contribution in [2.45, 2.75) is 0 Å². The van der Waals surface area contributed by atoms with Crippen molar-refractivity contribution in [2.24, 2.45) is 5.73 Å². The van der Waals surface area contributed by atoms with Crippen LogP contribution < -0.4 is 21.5 Å². The van der Waals surface area contributed by atoms with Gasteiger partial charge in [0.05, 0.1) is 29.1 Å². The van der Waals surface area contributed by atoms with Gasteiger partial charge in [0, 0.05) is 10.7 Å². The van der Waals surface area contributed by atoms with Crippen molar-refractivity contribution in [1.29, 1.82) is 0 Å². The Kier molecular flexibility index (Phi) is 4.45. The van der Waals surface area contributed by atoms with Gasteiger partial charge in [0.25, 0.3) is 5.91 Å². The molecule has 5 N–H and O–H groups in total. The highest BCUT2D eigenvalue weighted by atomic mass is 35.5. The van der Waals surface area contributed by atoms with Gasteiger partial charge in [0.1, 0.15) is 5.75 Å². The fraction of sp³-hybridized carbons (Fsp3) is 0.0714. The third-order valence-corrected chi connectivity index (χ3v) is 3.33. The SMILES string of the molecule is COc1ccc(Cl)cc1Nc1c(Cl)cc(N)cc1C(N)=O. The summed E-state index contributed by atoms with van der Waals surface area (Å²) in [5, 5.41) is 3.79. The van der Waals surface area contributed by atoms with E-state index in [1.165, 1.54) is 19.2 Å². The Labute approximate surface area is 131 Å². The number of anilines is 3. The number of amides is 1. The molecule has 0 fully saturated rings. The van der Waals surface area contributed by atoms with Crippen molar-refractivity contribution in [3.8, 4) is 5.75 Å². The third-order valence-electron chi connectivity index (χ3n) is 2.80. The summed E-state index contributed by atoms with van der Waals surface area (Å²) in [5.74, 6) is -0.101. The Morgan fingerprint density at radius 3 is 2.57 bits per heavy atom. The molecule has 1 amide bonds. The zero-order valence-corrected chi connectivity index (χ0v) is 12.6. The standard InChI is InChI=1S/C14H13Cl2N3O2/c1-21-12-3-2-7(15)4-11(12)19-13-9(14(18)20)5-8(17)6-10(13)16/h2-6,19H,17H2,1H3,(H2,18,20). The summed E-state index contributed by atoms with van der Waals surface area (Å²) >= 11 is 12.1. The van der Waals surface area contributed by atoms with E-state index < -0.39 is 5.91 Å². The number of carbonyl (C=O) groups is 1. The van der Waals surface area contributed by atoms with Crippen LogP contribution in [0.15, 0.2) is 30.3 Å². The van der Waals surface area contributed by atoms with Crippen LogP contribution in [0.4, 0.5) is 17.1 Å². The molecule has 0 atom stereocenters. The summed E-state index contributed by atoms with van der Waals surface area (Å²) in [6.07, 6.45) is 0. The fourth-order valence-electron chi connectivity index (χ4n) is 1.86. The summed E-state index contributed by atoms with van der Waals surface area (Å²) < 4.78 is 5.23. The van der Waals surface area contributed by atoms with Gasteiger partial charge in [-0.2, -0.15) is 0 Å². The molecule has 0 saturated carbocycles. The van der Waals surface area contributed by atoms with E-state index in [1.807, 2.05) is 0 Å². The van der Waals surface area contributed by atoms with E-state index in [0.29, 0.717) is 27.8 Å². The van der Waals surface area contributed by atoms with Crippen molar-refractivity contribution in [3.05, 3.63) is 45.9 Å². The molecule has 110 valence electrons. The van der Waals surface area contributed by atoms with Gasteiger partial charge in [-0.1, -0.05) is 23.2 Å². The maximum absolute atomic E-state index is 11.5. The van der Waals surface area contributed by atoms with Crippen molar-refractivity contribution in [3.63, 3.8) is 0 Å². The van der Waals surface area contributed by atoms with Crippen LogP contribution in [-0.2, 0) is 0 Å². The Hall–Kier alpha value is -2.11. The van der Waals surface area contributed by atoms with Crippen molar-refractivity contribution in [1.82, 2.24) is 0 Å². The van der Waals surface area contributed by atoms with Crippen molar-refractivity contribution < 1.29 is 9.53 Å². The number of primary amides is 1. The summed E-state index contributed by atoms with van der Waals surface area (Å²) in [5.41, 5.74) is 12.5. The predicted octanol–water partition coefficient (Wildman–Crippen LogP) is 3.43. The average molecular weight is 326 g/mol. The van der Waals surface area contributed by atoms with E-state index in [4.69, 9.17) is 39.4 Å². The first-order valence-corrected chi connectivity index (χ1v) is 6.67. The molecule has 2 aromatic carbocycles. The minimum Gasteiger partial charge on any atom is -0.495 e. The Bertz CT molecular complexity index is 705. The van der Waals surface area contributed by atoms with Gasteiger partial charge < -0.3 is 21.5 Å². The molecule has 0 bridgehead atoms. The number of nitrogens with one attached hydrogen (secondary N) is 1. The third kappa shape index (κ3) is 3.32. The monoisotopic (exact) mass is 325 g/mol. The average Bonchev–Trinajstić information content (AvgIpc) is 2.41. The van der Waals surface area contributed by atoms with Crippen LogP contribution >= 0.6 is 23.2 Å². The lowest BCUT2D eigenvalue weighted by atomic mass is 10.1. The van der Waals surface area contributed by atoms with Gasteiger partial charge in [0.15, 0.2) is 0 Å². The van der Waals surface area contributed by atoms with E-state index in [0.717, 1.165) is 0 Å². The van der Waals surface area contributed by atoms with Crippen molar-refractivity contribution in [2.75, 3.05) is 18.2 Å². The Morgan fingerprint density at radius 2 is 1.95 bits per heavy atom. The molecule has 0 radical (unpaired) electrons. The molecule has 21 heavy (non-hydrogen) atoms. The number of carbonyl (C=O) groups excluding carboxylic acids is 1. The van der Waals surface area contributed by atoms with E-state index >= 15 is 0 Å². The summed E-state index contributed by atoms with van der Waals surface area (Å²) in [6.45, 7) is 0. The number of nitrogen functional groups attached to an aromatic ring is 1. The number of halogens is 2. The second kappa shape index (κ2) is 6.11. The zero-order valence-electron chi connectivity index (χ0n) is 11.1. The van der Waals surface area contributed by atoms with Gasteiger partial charge in [-0.25, -0.2) is 0 Å². The molecule has 0 heterocycles. The molecule has 2 aromatic rings. The van der Waals surface area contributed by atoms with Crippen LogP contribution in [0.3, 0.4) is 0 Å². The normalized spacial score (nSPS) is 10.2. The first-order chi connectivity index (χ1) is 9.92. The number of hydrogen-bond acceptors (Lipinski definition) is 4. The second-order valence-corrected chi connectivity index (χ2v) is 5.10. The minimum absolute atomic E-state index is 0.182. The van der Waals surface area contributed by atoms with E-state index in [9.17, 15) is 4.79 Å². The molecule has 0 saturated heterocycles. The molecule has 5 nitrogen and oxygen atoms in total. The summed E-state index contributed by atoms with van der Waals surface area (Å²) in [4.78, 5) is 11.5. The van der Waals surface area contributed by atoms with Gasteiger partial charge in [-0.3, -0.25) is 4.79 Å². The lowest BCUT2D eigenvalue weighted by Gasteiger charge is -2.15. The second-order valence-electron chi connectivity index (χ2n) is 4.26. The van der Waals surface area contributed by atoms with Crippen LogP contribution in [0.25, 0.3) is 0 Å². The highest BCUT2D eigenvalue weighted by Gasteiger charge is 2.15. The number of ether oxygens (including phenoxy) is 1. The van der Waals surface area contributed by atoms with E-state index in [-0.39, 0.29) is 10.6 Å². The molecule has 0 unspecified atom stereocenters. The number of methoxy groups -OCH3 is 1. The molecule has 2 rings (SSSR count). The van der Waals surface area contributed by atoms with Gasteiger partial charge >= 0.3 is 0 Å². The fourth-order valence-corrected chi connectivity index (χ4v) is 2.31. The number of hydrogen-bond donors (Lipinski definition) is 3. The number of nitrogens with two attached hydrogens (primary N) is 2. The molecular weight excluding hydrogens is 313 g/mol. The van der Waals surface area contributed by atoms with E-state index in [1.54, 1.807) is 18.2 Å². The zero-order chi connectivity index (χ0) is 15.6. The molecule has 0 spiro atoms. The largest absolute Gasteiger partial charge is 0.495 e. The van der Waals surface area contributed by atoms with Crippen LogP contribution in [0, 0.1) is 0 Å². The molecule has 0 aliphatic rings. The maximum atomic E-state index is 11.5. The van der Waals surface area contributed by atoms with Crippen LogP contribution in [0.2, 0.25) is 10.0 Å². The van der Waals surface area contributed by atoms with Crippen LogP contribution in [-0.4, -0.2) is 13.0 Å². The van der Waals surface area contributed by atoms with E-state index in [2.05, 4.69) is 5.32 Å². The summed E-state index contributed by atoms with van der Waals surface area (Å²) in [7, 11) is 1.52. The maximum Gasteiger partial charge on any atom is 0.250 e. The van der Waals surface area contributed by atoms with Crippen molar-refractivity contribution >= 4 is 46.2 Å². The number of benzene rings is 2. The highest BCUT2D eigenvalue weighted by molar-refractivity contribution is 6.34. The van der Waals surface area contributed by atoms with Crippen LogP contribution in [0.1, 0.15) is 10.4 Å². The topological polar surface area (TPSA) is 90.4 Å². The van der Waals surface area contributed by atoms with Gasteiger partial charge in [-0.05, 0) is 30.3 Å². The molecule has 0 aliphatic heterocycles. The molecule has 7 heteroatoms. The predicted molar refractivity (Wildman–Crippen MR) is 85.7 cm³/mol. The molecule has 0 aliphatic carbocycles. The summed E-state index contributed by atoms with van der Waals surface area (Å²) in [6, 6.07) is 8.00. The first-order valence-electron chi connectivity index (χ1n) is 5.91. The first kappa shape index (κ1) is 15.3. The Morgan fingerprint density at radius 1 is 1.24 bits per heavy atom. The van der Waals surface area contributed by atoms with Gasteiger partial charge in [0.2, 0.25) is 0 Å². The number of rotatable bonds is 4. The quantitative estimate of drug-likeness (QED) is 0.751. The van der Waals surface area contributed by atoms with Gasteiger partial charge in [-0.15, -0.1) is 0 Å². The molecule has 0 aromatic heterocycles. The minimum atomic E-state index is -0.646. The molecular formula is C14H13Cl2N3O2. The Balaban J connectivity index is 2.54. The highest BCUT2D eigenvalue weighted by Crippen LogP contribution is 2.36. The lowest BCUT2D eigenvalue weighted by Crippen LogP contribution is -2.14. The van der Waals surface area contributed by atoms with Crippen LogP contribution in [0.5, 0.6) is 5.75 Å². The lowest BCUT2D eigenvalue weighted by molar-refractivity contribution is 0.100. The smallest absolute Gasteiger partial charge is 0.250 e.